The molecule has 1 aliphatic heterocycles. The Labute approximate surface area is 425 Å². The topological polar surface area (TPSA) is 149 Å². The van der Waals surface area contributed by atoms with Crippen molar-refractivity contribution < 1.29 is 39.8 Å². The lowest BCUT2D eigenvalue weighted by Crippen LogP contribution is -2.60. The molecule has 0 radical (unpaired) electrons. The normalized spacial score (nSPS) is 19.7. The molecule has 1 saturated heterocycles. The van der Waals surface area contributed by atoms with Crippen molar-refractivity contribution in [1.29, 1.82) is 0 Å². The van der Waals surface area contributed by atoms with E-state index in [9.17, 15) is 30.3 Å². The molecule has 6 N–H and O–H groups in total. The van der Waals surface area contributed by atoms with Crippen LogP contribution in [0.1, 0.15) is 284 Å². The van der Waals surface area contributed by atoms with Crippen LogP contribution in [0.15, 0.2) is 36.5 Å². The number of unbranched alkanes of at least 4 members (excludes halogenated alkanes) is 37. The van der Waals surface area contributed by atoms with Gasteiger partial charge in [-0.25, -0.2) is 0 Å². The van der Waals surface area contributed by atoms with Gasteiger partial charge >= 0.3 is 0 Å². The summed E-state index contributed by atoms with van der Waals surface area (Å²) in [5, 5.41) is 54.5. The second kappa shape index (κ2) is 50.0. The molecule has 9 heteroatoms. The minimum Gasteiger partial charge on any atom is -0.394 e. The van der Waals surface area contributed by atoms with E-state index < -0.39 is 49.5 Å². The number of hydrogen-bond acceptors (Lipinski definition) is 8. The Kier molecular flexibility index (Phi) is 47.4. The number of nitrogens with one attached hydrogen (secondary N) is 1. The highest BCUT2D eigenvalue weighted by atomic mass is 16.7. The number of aliphatic hydroxyl groups excluding tert-OH is 5. The number of amides is 1. The maximum atomic E-state index is 13.1. The van der Waals surface area contributed by atoms with Crippen LogP contribution in [0.4, 0.5) is 0 Å². The van der Waals surface area contributed by atoms with E-state index in [2.05, 4.69) is 43.5 Å². The largest absolute Gasteiger partial charge is 0.394 e. The van der Waals surface area contributed by atoms with Crippen molar-refractivity contribution in [3.8, 4) is 0 Å². The Bertz CT molecular complexity index is 1180. The number of carbonyl (C=O) groups is 1. The van der Waals surface area contributed by atoms with Gasteiger partial charge in [0.25, 0.3) is 0 Å². The van der Waals surface area contributed by atoms with Crippen molar-refractivity contribution in [3.05, 3.63) is 36.5 Å². The first kappa shape index (κ1) is 65.4. The Hall–Kier alpha value is -1.59. The number of hydrogen-bond donors (Lipinski definition) is 6. The van der Waals surface area contributed by atoms with Gasteiger partial charge in [-0.2, -0.15) is 0 Å². The molecule has 0 aromatic rings. The van der Waals surface area contributed by atoms with E-state index >= 15 is 0 Å². The third-order valence-electron chi connectivity index (χ3n) is 14.2. The molecule has 0 spiro atoms. The van der Waals surface area contributed by atoms with Gasteiger partial charge in [0.15, 0.2) is 6.29 Å². The molecule has 1 heterocycles. The average Bonchev–Trinajstić information content (AvgIpc) is 3.35. The molecular weight excluding hydrogens is 863 g/mol. The molecule has 9 nitrogen and oxygen atoms in total. The fourth-order valence-electron chi connectivity index (χ4n) is 9.48. The summed E-state index contributed by atoms with van der Waals surface area (Å²) in [5.41, 5.74) is 0. The van der Waals surface area contributed by atoms with E-state index in [4.69, 9.17) is 9.47 Å². The maximum absolute atomic E-state index is 13.1. The molecule has 0 saturated carbocycles. The predicted molar refractivity (Wildman–Crippen MR) is 290 cm³/mol. The van der Waals surface area contributed by atoms with Crippen molar-refractivity contribution in [3.63, 3.8) is 0 Å². The fraction of sp³-hybridized carbons (Fsp3) is 0.883. The zero-order valence-corrected chi connectivity index (χ0v) is 45.1. The van der Waals surface area contributed by atoms with E-state index in [0.29, 0.717) is 6.42 Å². The zero-order valence-electron chi connectivity index (χ0n) is 45.1. The molecule has 1 aliphatic rings. The Morgan fingerprint density at radius 2 is 0.855 bits per heavy atom. The first-order chi connectivity index (χ1) is 33.8. The highest BCUT2D eigenvalue weighted by Crippen LogP contribution is 2.23. The number of aliphatic hydroxyl groups is 5. The number of rotatable bonds is 51. The minimum absolute atomic E-state index is 0.179. The summed E-state index contributed by atoms with van der Waals surface area (Å²) in [6.07, 6.45) is 57.8. The van der Waals surface area contributed by atoms with Crippen LogP contribution in [0, 0.1) is 0 Å². The molecule has 0 aliphatic carbocycles. The van der Waals surface area contributed by atoms with Gasteiger partial charge in [0.1, 0.15) is 24.4 Å². The van der Waals surface area contributed by atoms with Crippen LogP contribution >= 0.6 is 0 Å². The van der Waals surface area contributed by atoms with E-state index in [-0.39, 0.29) is 12.5 Å². The molecule has 0 bridgehead atoms. The van der Waals surface area contributed by atoms with Crippen LogP contribution in [-0.4, -0.2) is 87.5 Å². The molecule has 0 aromatic carbocycles. The van der Waals surface area contributed by atoms with Crippen molar-refractivity contribution in [2.75, 3.05) is 13.2 Å². The zero-order chi connectivity index (χ0) is 50.1. The lowest BCUT2D eigenvalue weighted by atomic mass is 9.99. The number of ether oxygens (including phenoxy) is 2. The average molecular weight is 977 g/mol. The second-order valence-electron chi connectivity index (χ2n) is 20.8. The van der Waals surface area contributed by atoms with Crippen molar-refractivity contribution in [2.24, 2.45) is 0 Å². The van der Waals surface area contributed by atoms with E-state index in [0.717, 1.165) is 44.9 Å². The van der Waals surface area contributed by atoms with Crippen LogP contribution in [0.2, 0.25) is 0 Å². The van der Waals surface area contributed by atoms with Crippen LogP contribution in [-0.2, 0) is 14.3 Å². The van der Waals surface area contributed by atoms with Gasteiger partial charge in [-0.1, -0.05) is 262 Å². The van der Waals surface area contributed by atoms with Gasteiger partial charge < -0.3 is 40.3 Å². The Morgan fingerprint density at radius 3 is 1.28 bits per heavy atom. The molecule has 406 valence electrons. The second-order valence-corrected chi connectivity index (χ2v) is 20.8. The van der Waals surface area contributed by atoms with Gasteiger partial charge in [-0.15, -0.1) is 0 Å². The summed E-state index contributed by atoms with van der Waals surface area (Å²) in [5.74, 6) is -0.179. The lowest BCUT2D eigenvalue weighted by Gasteiger charge is -2.40. The lowest BCUT2D eigenvalue weighted by molar-refractivity contribution is -0.302. The van der Waals surface area contributed by atoms with Gasteiger partial charge in [-0.3, -0.25) is 4.79 Å². The van der Waals surface area contributed by atoms with Crippen molar-refractivity contribution >= 4 is 5.91 Å². The molecule has 1 rings (SSSR count). The minimum atomic E-state index is -1.57. The maximum Gasteiger partial charge on any atom is 0.220 e. The fourth-order valence-corrected chi connectivity index (χ4v) is 9.48. The summed E-state index contributed by atoms with van der Waals surface area (Å²) in [6.45, 7) is 3.78. The highest BCUT2D eigenvalue weighted by molar-refractivity contribution is 5.76. The first-order valence-corrected chi connectivity index (χ1v) is 29.7. The number of allylic oxidation sites excluding steroid dienone is 5. The smallest absolute Gasteiger partial charge is 0.220 e. The number of carbonyl (C=O) groups excluding carboxylic acids is 1. The van der Waals surface area contributed by atoms with Gasteiger partial charge in [-0.05, 0) is 51.4 Å². The van der Waals surface area contributed by atoms with Crippen LogP contribution in [0.3, 0.4) is 0 Å². The molecule has 7 atom stereocenters. The molecule has 0 aromatic heterocycles. The van der Waals surface area contributed by atoms with Gasteiger partial charge in [0.2, 0.25) is 5.91 Å². The third-order valence-corrected chi connectivity index (χ3v) is 14.2. The van der Waals surface area contributed by atoms with Gasteiger partial charge in [0.05, 0.1) is 25.4 Å². The Morgan fingerprint density at radius 1 is 0.493 bits per heavy atom. The summed E-state index contributed by atoms with van der Waals surface area (Å²) in [7, 11) is 0. The van der Waals surface area contributed by atoms with Crippen LogP contribution in [0.25, 0.3) is 0 Å². The molecule has 69 heavy (non-hydrogen) atoms. The van der Waals surface area contributed by atoms with Crippen molar-refractivity contribution in [1.82, 2.24) is 5.32 Å². The van der Waals surface area contributed by atoms with Crippen molar-refractivity contribution in [2.45, 2.75) is 326 Å². The van der Waals surface area contributed by atoms with Crippen LogP contribution < -0.4 is 5.32 Å². The monoisotopic (exact) mass is 976 g/mol. The predicted octanol–water partition coefficient (Wildman–Crippen LogP) is 14.7. The first-order valence-electron chi connectivity index (χ1n) is 29.7. The summed E-state index contributed by atoms with van der Waals surface area (Å²) < 4.78 is 11.3. The molecular formula is C60H113NO8. The van der Waals surface area contributed by atoms with Crippen LogP contribution in [0.5, 0.6) is 0 Å². The van der Waals surface area contributed by atoms with E-state index in [1.54, 1.807) is 6.08 Å². The quantitative estimate of drug-likeness (QED) is 0.0261. The molecule has 1 amide bonds. The summed E-state index contributed by atoms with van der Waals surface area (Å²) >= 11 is 0. The summed E-state index contributed by atoms with van der Waals surface area (Å²) in [6, 6.07) is -0.808. The third kappa shape index (κ3) is 39.6. The van der Waals surface area contributed by atoms with Gasteiger partial charge in [0, 0.05) is 6.42 Å². The standard InChI is InChI=1S/C60H113NO8/c1-3-5-7-9-11-13-15-17-19-21-23-24-25-26-27-28-29-30-32-33-35-37-39-41-43-45-47-49-54(63)53(52-68-60-59(67)58(66)57(65)55(51-62)69-60)61-56(64)50-48-46-44-42-40-38-36-34-31-22-20-18-16-14-12-10-8-6-4-2/h12,14,18,20,47,49,53-55,57-60,62-63,65-67H,3-11,13,15-17,19,21-46,48,50-52H2,1-2H3,(H,61,64)/b14-12-,20-18-,49-47+. The summed E-state index contributed by atoms with van der Waals surface area (Å²) in [4.78, 5) is 13.1. The Balaban J connectivity index is 2.20. The molecule has 7 unspecified atom stereocenters. The van der Waals surface area contributed by atoms with E-state index in [1.807, 2.05) is 6.08 Å². The SMILES string of the molecule is CCCCC/C=C\C/C=C\CCCCCCCCCCCC(=O)NC(COC1OC(CO)C(O)C(O)C1O)C(O)/C=C/CCCCCCCCCCCCCCCCCCCCCCCCCCC. The molecule has 1 fully saturated rings. The van der Waals surface area contributed by atoms with E-state index in [1.165, 1.54) is 218 Å². The highest BCUT2D eigenvalue weighted by Gasteiger charge is 2.44.